The molecule has 0 saturated carbocycles. The Hall–Kier alpha value is -1.56. The molecule has 1 aromatic rings. The maximum atomic E-state index is 8.82. The van der Waals surface area contributed by atoms with Crippen molar-refractivity contribution in [3.05, 3.63) is 24.5 Å². The van der Waals surface area contributed by atoms with Crippen molar-refractivity contribution in [2.75, 3.05) is 0 Å². The average molecular weight is 161 g/mol. The van der Waals surface area contributed by atoms with Crippen LogP contribution in [-0.2, 0) is 5.41 Å². The molecule has 12 heavy (non-hydrogen) atoms. The molecule has 0 radical (unpaired) electrons. The Morgan fingerprint density at radius 1 is 1.75 bits per heavy atom. The van der Waals surface area contributed by atoms with Gasteiger partial charge in [-0.05, 0) is 13.8 Å². The highest BCUT2D eigenvalue weighted by Crippen LogP contribution is 2.20. The minimum Gasteiger partial charge on any atom is -0.249 e. The van der Waals surface area contributed by atoms with Crippen LogP contribution in [0.25, 0.3) is 6.20 Å². The highest BCUT2D eigenvalue weighted by molar-refractivity contribution is 5.28. The van der Waals surface area contributed by atoms with Crippen LogP contribution < -0.4 is 0 Å². The van der Waals surface area contributed by atoms with E-state index in [4.69, 9.17) is 5.26 Å². The summed E-state index contributed by atoms with van der Waals surface area (Å²) in [6.07, 6.45) is 5.08. The number of aromatic nitrogens is 2. The highest BCUT2D eigenvalue weighted by Gasteiger charge is 2.20. The predicted molar refractivity (Wildman–Crippen MR) is 47.3 cm³/mol. The van der Waals surface area contributed by atoms with Gasteiger partial charge in [-0.15, -0.1) is 0 Å². The number of hydrogen-bond acceptors (Lipinski definition) is 2. The monoisotopic (exact) mass is 161 g/mol. The Kier molecular flexibility index (Phi) is 2.01. The zero-order valence-electron chi connectivity index (χ0n) is 7.28. The molecule has 3 heteroatoms. The molecule has 0 unspecified atom stereocenters. The summed E-state index contributed by atoms with van der Waals surface area (Å²) in [5.74, 6) is 0. The van der Waals surface area contributed by atoms with E-state index in [2.05, 4.69) is 17.7 Å². The summed E-state index contributed by atoms with van der Waals surface area (Å²) in [6, 6.07) is 2.21. The van der Waals surface area contributed by atoms with Gasteiger partial charge in [0.25, 0.3) is 0 Å². The van der Waals surface area contributed by atoms with E-state index in [1.807, 2.05) is 13.8 Å². The normalized spacial score (nSPS) is 10.8. The summed E-state index contributed by atoms with van der Waals surface area (Å²) in [5.41, 5.74) is 0.436. The van der Waals surface area contributed by atoms with Gasteiger partial charge >= 0.3 is 0 Å². The molecule has 3 nitrogen and oxygen atoms in total. The number of nitrogens with zero attached hydrogens (tertiary/aromatic N) is 3. The van der Waals surface area contributed by atoms with Crippen molar-refractivity contribution < 1.29 is 0 Å². The van der Waals surface area contributed by atoms with Crippen molar-refractivity contribution in [2.24, 2.45) is 0 Å². The fraction of sp³-hybridized carbons (Fsp3) is 0.333. The first-order valence-corrected chi connectivity index (χ1v) is 3.68. The van der Waals surface area contributed by atoms with Crippen LogP contribution in [0.4, 0.5) is 0 Å². The van der Waals surface area contributed by atoms with Crippen LogP contribution in [0, 0.1) is 11.3 Å². The lowest BCUT2D eigenvalue weighted by Crippen LogP contribution is -2.12. The van der Waals surface area contributed by atoms with E-state index in [1.54, 1.807) is 23.3 Å². The first kappa shape index (κ1) is 8.54. The van der Waals surface area contributed by atoms with Crippen molar-refractivity contribution >= 4 is 6.20 Å². The molecule has 0 aromatic carbocycles. The van der Waals surface area contributed by atoms with Gasteiger partial charge in [0.2, 0.25) is 0 Å². The van der Waals surface area contributed by atoms with Crippen LogP contribution in [0.3, 0.4) is 0 Å². The van der Waals surface area contributed by atoms with E-state index in [-0.39, 0.29) is 0 Å². The molecule has 1 rings (SSSR count). The van der Waals surface area contributed by atoms with Crippen LogP contribution >= 0.6 is 0 Å². The Morgan fingerprint density at radius 2 is 2.42 bits per heavy atom. The van der Waals surface area contributed by atoms with Crippen molar-refractivity contribution in [2.45, 2.75) is 19.3 Å². The van der Waals surface area contributed by atoms with Gasteiger partial charge in [-0.3, -0.25) is 0 Å². The van der Waals surface area contributed by atoms with E-state index >= 15 is 0 Å². The molecule has 0 aliphatic heterocycles. The zero-order chi connectivity index (χ0) is 9.19. The summed E-state index contributed by atoms with van der Waals surface area (Å²) in [4.78, 5) is 0. The van der Waals surface area contributed by atoms with E-state index in [0.29, 0.717) is 0 Å². The van der Waals surface area contributed by atoms with Gasteiger partial charge < -0.3 is 0 Å². The van der Waals surface area contributed by atoms with Gasteiger partial charge in [0.15, 0.2) is 0 Å². The van der Waals surface area contributed by atoms with E-state index in [0.717, 1.165) is 5.56 Å². The number of hydrogen-bond donors (Lipinski definition) is 0. The van der Waals surface area contributed by atoms with Gasteiger partial charge in [-0.2, -0.15) is 10.4 Å². The van der Waals surface area contributed by atoms with Gasteiger partial charge in [-0.25, -0.2) is 4.68 Å². The number of rotatable bonds is 2. The second-order valence-electron chi connectivity index (χ2n) is 3.13. The van der Waals surface area contributed by atoms with Crippen LogP contribution in [0.15, 0.2) is 19.0 Å². The molecule has 0 N–H and O–H groups in total. The summed E-state index contributed by atoms with van der Waals surface area (Å²) >= 11 is 0. The molecule has 1 aromatic heterocycles. The average Bonchev–Trinajstić information content (AvgIpc) is 2.52. The second kappa shape index (κ2) is 2.82. The topological polar surface area (TPSA) is 41.6 Å². The first-order valence-electron chi connectivity index (χ1n) is 3.68. The van der Waals surface area contributed by atoms with Crippen molar-refractivity contribution in [1.29, 1.82) is 5.26 Å². The minimum absolute atomic E-state index is 0.471. The fourth-order valence-electron chi connectivity index (χ4n) is 0.825. The third-order valence-corrected chi connectivity index (χ3v) is 1.79. The molecule has 0 fully saturated rings. The lowest BCUT2D eigenvalue weighted by molar-refractivity contribution is 0.687. The standard InChI is InChI=1S/C9H11N3/c1-4-12-6-8(5-11-12)9(2,3)7-10/h4-6H,1H2,2-3H3. The number of nitriles is 1. The minimum atomic E-state index is -0.471. The van der Waals surface area contributed by atoms with E-state index < -0.39 is 5.41 Å². The summed E-state index contributed by atoms with van der Waals surface area (Å²) in [6.45, 7) is 7.29. The molecule has 1 heterocycles. The van der Waals surface area contributed by atoms with Crippen LogP contribution in [0.2, 0.25) is 0 Å². The molecule has 0 amide bonds. The highest BCUT2D eigenvalue weighted by atomic mass is 15.2. The molecule has 0 atom stereocenters. The Morgan fingerprint density at radius 3 is 2.83 bits per heavy atom. The molecular weight excluding hydrogens is 150 g/mol. The third-order valence-electron chi connectivity index (χ3n) is 1.79. The Labute approximate surface area is 71.9 Å². The van der Waals surface area contributed by atoms with Gasteiger partial charge in [0, 0.05) is 18.0 Å². The molecule has 0 spiro atoms. The first-order chi connectivity index (χ1) is 5.60. The molecule has 62 valence electrons. The smallest absolute Gasteiger partial charge is 0.0797 e. The molecule has 0 bridgehead atoms. The van der Waals surface area contributed by atoms with Crippen LogP contribution in [0.5, 0.6) is 0 Å². The molecular formula is C9H11N3. The molecule has 0 aliphatic carbocycles. The second-order valence-corrected chi connectivity index (χ2v) is 3.13. The zero-order valence-corrected chi connectivity index (χ0v) is 7.28. The van der Waals surface area contributed by atoms with Gasteiger partial charge in [-0.1, -0.05) is 6.58 Å². The summed E-state index contributed by atoms with van der Waals surface area (Å²) in [7, 11) is 0. The van der Waals surface area contributed by atoms with Crippen LogP contribution in [-0.4, -0.2) is 9.78 Å². The Bertz CT molecular complexity index is 328. The van der Waals surface area contributed by atoms with Gasteiger partial charge in [0.1, 0.15) is 0 Å². The lowest BCUT2D eigenvalue weighted by Gasteiger charge is -2.10. The molecule has 0 aliphatic rings. The van der Waals surface area contributed by atoms with Crippen molar-refractivity contribution in [1.82, 2.24) is 9.78 Å². The lowest BCUT2D eigenvalue weighted by atomic mass is 9.89. The van der Waals surface area contributed by atoms with E-state index in [1.165, 1.54) is 0 Å². The Balaban J connectivity index is 3.05. The van der Waals surface area contributed by atoms with Gasteiger partial charge in [0.05, 0.1) is 17.7 Å². The summed E-state index contributed by atoms with van der Waals surface area (Å²) < 4.78 is 1.59. The maximum absolute atomic E-state index is 8.82. The summed E-state index contributed by atoms with van der Waals surface area (Å²) in [5, 5.41) is 12.8. The largest absolute Gasteiger partial charge is 0.249 e. The predicted octanol–water partition coefficient (Wildman–Crippen LogP) is 1.78. The fourth-order valence-corrected chi connectivity index (χ4v) is 0.825. The maximum Gasteiger partial charge on any atom is 0.0797 e. The van der Waals surface area contributed by atoms with Crippen molar-refractivity contribution in [3.63, 3.8) is 0 Å². The van der Waals surface area contributed by atoms with Crippen molar-refractivity contribution in [3.8, 4) is 6.07 Å². The quantitative estimate of drug-likeness (QED) is 0.663. The molecule has 0 saturated heterocycles. The SMILES string of the molecule is C=Cn1cc(C(C)(C)C#N)cn1. The van der Waals surface area contributed by atoms with Crippen LogP contribution in [0.1, 0.15) is 19.4 Å². The van der Waals surface area contributed by atoms with E-state index in [9.17, 15) is 0 Å². The third kappa shape index (κ3) is 1.37.